The number of benzene rings is 1. The summed E-state index contributed by atoms with van der Waals surface area (Å²) in [5, 5.41) is 9.17. The Morgan fingerprint density at radius 2 is 2.00 bits per heavy atom. The molecule has 4 heteroatoms. The van der Waals surface area contributed by atoms with E-state index in [1.54, 1.807) is 20.8 Å². The molecule has 1 aromatic carbocycles. The molecule has 1 rings (SSSR count). The van der Waals surface area contributed by atoms with E-state index in [0.717, 1.165) is 0 Å². The maximum absolute atomic E-state index is 11.7. The fraction of sp³-hybridized carbons (Fsp3) is 0.364. The lowest BCUT2D eigenvalue weighted by atomic mass is 10.1. The molecule has 0 amide bonds. The van der Waals surface area contributed by atoms with E-state index in [0.29, 0.717) is 10.0 Å². The first-order valence-electron chi connectivity index (χ1n) is 4.51. The Bertz CT molecular complexity index is 380. The van der Waals surface area contributed by atoms with Gasteiger partial charge in [-0.1, -0.05) is 0 Å². The average Bonchev–Trinajstić information content (AvgIpc) is 1.99. The van der Waals surface area contributed by atoms with Gasteiger partial charge < -0.3 is 9.84 Å². The van der Waals surface area contributed by atoms with Gasteiger partial charge in [0.2, 0.25) is 0 Å². The molecule has 3 nitrogen and oxygen atoms in total. The molecule has 82 valence electrons. The number of aromatic hydroxyl groups is 1. The van der Waals surface area contributed by atoms with E-state index in [4.69, 9.17) is 9.84 Å². The molecule has 0 heterocycles. The van der Waals surface area contributed by atoms with Crippen LogP contribution in [0, 0.1) is 0 Å². The normalized spacial score (nSPS) is 11.2. The fourth-order valence-corrected chi connectivity index (χ4v) is 1.53. The van der Waals surface area contributed by atoms with E-state index < -0.39 is 11.6 Å². The zero-order valence-corrected chi connectivity index (χ0v) is 10.5. The van der Waals surface area contributed by atoms with Crippen LogP contribution in [0.15, 0.2) is 22.7 Å². The lowest BCUT2D eigenvalue weighted by molar-refractivity contribution is 0.00685. The number of esters is 1. The molecule has 0 aromatic heterocycles. The predicted octanol–water partition coefficient (Wildman–Crippen LogP) is 3.11. The third kappa shape index (κ3) is 3.55. The Hall–Kier alpha value is -1.03. The van der Waals surface area contributed by atoms with Crippen LogP contribution in [0.1, 0.15) is 31.1 Å². The summed E-state index contributed by atoms with van der Waals surface area (Å²) in [6.07, 6.45) is 0. The zero-order chi connectivity index (χ0) is 11.6. The molecule has 0 aliphatic carbocycles. The Morgan fingerprint density at radius 3 is 2.47 bits per heavy atom. The van der Waals surface area contributed by atoms with Crippen LogP contribution in [-0.4, -0.2) is 16.7 Å². The van der Waals surface area contributed by atoms with Crippen molar-refractivity contribution in [1.82, 2.24) is 0 Å². The van der Waals surface area contributed by atoms with E-state index in [1.165, 1.54) is 18.2 Å². The molecule has 15 heavy (non-hydrogen) atoms. The summed E-state index contributed by atoms with van der Waals surface area (Å²) >= 11 is 3.19. The van der Waals surface area contributed by atoms with Gasteiger partial charge in [-0.15, -0.1) is 0 Å². The van der Waals surface area contributed by atoms with Crippen molar-refractivity contribution >= 4 is 21.9 Å². The van der Waals surface area contributed by atoms with Gasteiger partial charge in [-0.25, -0.2) is 4.79 Å². The van der Waals surface area contributed by atoms with Gasteiger partial charge in [0.1, 0.15) is 11.4 Å². The molecule has 0 unspecified atom stereocenters. The first-order chi connectivity index (χ1) is 6.79. The molecule has 0 aliphatic heterocycles. The molecular weight excluding hydrogens is 260 g/mol. The minimum absolute atomic E-state index is 0.106. The van der Waals surface area contributed by atoms with E-state index in [2.05, 4.69) is 15.9 Å². The molecular formula is C11H13BrO3. The maximum Gasteiger partial charge on any atom is 0.339 e. The van der Waals surface area contributed by atoms with Crippen LogP contribution in [0.5, 0.6) is 5.75 Å². The van der Waals surface area contributed by atoms with Gasteiger partial charge in [0.15, 0.2) is 0 Å². The molecule has 1 aromatic rings. The number of ether oxygens (including phenoxy) is 1. The van der Waals surface area contributed by atoms with Crippen molar-refractivity contribution in [3.63, 3.8) is 0 Å². The van der Waals surface area contributed by atoms with Crippen molar-refractivity contribution < 1.29 is 14.6 Å². The summed E-state index contributed by atoms with van der Waals surface area (Å²) in [5.41, 5.74) is -0.114. The Labute approximate surface area is 97.2 Å². The van der Waals surface area contributed by atoms with E-state index >= 15 is 0 Å². The summed E-state index contributed by atoms with van der Waals surface area (Å²) in [7, 11) is 0. The standard InChI is InChI=1S/C11H13BrO3/c1-11(2,3)15-10(14)8-5-4-7(13)6-9(8)12/h4-6,13H,1-3H3. The average molecular weight is 273 g/mol. The lowest BCUT2D eigenvalue weighted by Crippen LogP contribution is -2.24. The smallest absolute Gasteiger partial charge is 0.339 e. The Kier molecular flexibility index (Phi) is 3.39. The summed E-state index contributed by atoms with van der Waals surface area (Å²) in [5.74, 6) is -0.302. The van der Waals surface area contributed by atoms with Gasteiger partial charge in [-0.3, -0.25) is 0 Å². The van der Waals surface area contributed by atoms with Crippen LogP contribution < -0.4 is 0 Å². The summed E-state index contributed by atoms with van der Waals surface area (Å²) in [6.45, 7) is 5.41. The topological polar surface area (TPSA) is 46.5 Å². The van der Waals surface area contributed by atoms with Crippen LogP contribution in [0.2, 0.25) is 0 Å². The highest BCUT2D eigenvalue weighted by atomic mass is 79.9. The molecule has 0 saturated heterocycles. The van der Waals surface area contributed by atoms with Crippen LogP contribution >= 0.6 is 15.9 Å². The summed E-state index contributed by atoms with van der Waals surface area (Å²) < 4.78 is 5.72. The highest BCUT2D eigenvalue weighted by Gasteiger charge is 2.19. The number of carbonyl (C=O) groups excluding carboxylic acids is 1. The van der Waals surface area contributed by atoms with Gasteiger partial charge >= 0.3 is 5.97 Å². The second-order valence-electron chi connectivity index (χ2n) is 4.17. The number of halogens is 1. The minimum atomic E-state index is -0.519. The third-order valence-corrected chi connectivity index (χ3v) is 2.23. The number of hydrogen-bond donors (Lipinski definition) is 1. The minimum Gasteiger partial charge on any atom is -0.508 e. The van der Waals surface area contributed by atoms with E-state index in [1.807, 2.05) is 0 Å². The van der Waals surface area contributed by atoms with Gasteiger partial charge in [-0.05, 0) is 54.9 Å². The quantitative estimate of drug-likeness (QED) is 0.800. The fourth-order valence-electron chi connectivity index (χ4n) is 1.00. The van der Waals surface area contributed by atoms with Crippen LogP contribution in [0.4, 0.5) is 0 Å². The number of phenolic OH excluding ortho intramolecular Hbond substituents is 1. The summed E-state index contributed by atoms with van der Waals surface area (Å²) in [4.78, 5) is 11.7. The van der Waals surface area contributed by atoms with Crippen molar-refractivity contribution in [2.24, 2.45) is 0 Å². The van der Waals surface area contributed by atoms with Crippen molar-refractivity contribution in [3.05, 3.63) is 28.2 Å². The first kappa shape index (κ1) is 12.0. The van der Waals surface area contributed by atoms with Gasteiger partial charge in [0.05, 0.1) is 5.56 Å². The largest absolute Gasteiger partial charge is 0.508 e. The highest BCUT2D eigenvalue weighted by molar-refractivity contribution is 9.10. The second kappa shape index (κ2) is 4.23. The molecule has 0 spiro atoms. The molecule has 0 aliphatic rings. The van der Waals surface area contributed by atoms with Crippen molar-refractivity contribution in [1.29, 1.82) is 0 Å². The molecule has 0 radical (unpaired) electrons. The van der Waals surface area contributed by atoms with Crippen LogP contribution in [-0.2, 0) is 4.74 Å². The van der Waals surface area contributed by atoms with Crippen LogP contribution in [0.3, 0.4) is 0 Å². The van der Waals surface area contributed by atoms with Crippen molar-refractivity contribution in [2.45, 2.75) is 26.4 Å². The molecule has 0 bridgehead atoms. The first-order valence-corrected chi connectivity index (χ1v) is 5.31. The number of rotatable bonds is 1. The maximum atomic E-state index is 11.7. The monoisotopic (exact) mass is 272 g/mol. The number of phenols is 1. The van der Waals surface area contributed by atoms with Crippen LogP contribution in [0.25, 0.3) is 0 Å². The SMILES string of the molecule is CC(C)(C)OC(=O)c1ccc(O)cc1Br. The molecule has 1 N–H and O–H groups in total. The van der Waals surface area contributed by atoms with Crippen molar-refractivity contribution in [3.8, 4) is 5.75 Å². The van der Waals surface area contributed by atoms with Gasteiger partial charge in [-0.2, -0.15) is 0 Å². The number of hydrogen-bond acceptors (Lipinski definition) is 3. The molecule has 0 saturated carbocycles. The molecule has 0 fully saturated rings. The predicted molar refractivity (Wildman–Crippen MR) is 61.0 cm³/mol. The lowest BCUT2D eigenvalue weighted by Gasteiger charge is -2.19. The Balaban J connectivity index is 2.92. The second-order valence-corrected chi connectivity index (χ2v) is 5.02. The number of carbonyl (C=O) groups is 1. The van der Waals surface area contributed by atoms with E-state index in [-0.39, 0.29) is 5.75 Å². The van der Waals surface area contributed by atoms with Gasteiger partial charge in [0, 0.05) is 4.47 Å². The third-order valence-electron chi connectivity index (χ3n) is 1.57. The zero-order valence-electron chi connectivity index (χ0n) is 8.87. The van der Waals surface area contributed by atoms with E-state index in [9.17, 15) is 4.79 Å². The Morgan fingerprint density at radius 1 is 1.40 bits per heavy atom. The van der Waals surface area contributed by atoms with Gasteiger partial charge in [0.25, 0.3) is 0 Å². The molecule has 0 atom stereocenters. The van der Waals surface area contributed by atoms with Crippen molar-refractivity contribution in [2.75, 3.05) is 0 Å². The summed E-state index contributed by atoms with van der Waals surface area (Å²) in [6, 6.07) is 4.43. The highest BCUT2D eigenvalue weighted by Crippen LogP contribution is 2.24.